The first-order valence-electron chi connectivity index (χ1n) is 13.2. The highest BCUT2D eigenvalue weighted by Gasteiger charge is 2.23. The molecular formula is C24H26. The van der Waals surface area contributed by atoms with Crippen LogP contribution in [0.3, 0.4) is 0 Å². The van der Waals surface area contributed by atoms with E-state index < -0.39 is 47.7 Å². The van der Waals surface area contributed by atoms with Gasteiger partial charge in [-0.3, -0.25) is 0 Å². The average molecular weight is 326 g/mol. The molecule has 0 aromatic heterocycles. The maximum atomic E-state index is 8.70. The molecule has 0 aliphatic carbocycles. The van der Waals surface area contributed by atoms with Crippen molar-refractivity contribution in [2.45, 2.75) is 40.0 Å². The molecule has 3 aromatic carbocycles. The van der Waals surface area contributed by atoms with Crippen LogP contribution in [0.15, 0.2) is 66.5 Å². The molecule has 0 atom stereocenters. The van der Waals surface area contributed by atoms with Crippen LogP contribution in [-0.4, -0.2) is 0 Å². The van der Waals surface area contributed by atoms with Gasteiger partial charge in [0.1, 0.15) is 0 Å². The van der Waals surface area contributed by atoms with Crippen molar-refractivity contribution >= 4 is 0 Å². The van der Waals surface area contributed by atoms with Gasteiger partial charge in [-0.2, -0.15) is 0 Å². The van der Waals surface area contributed by atoms with E-state index in [0.29, 0.717) is 0 Å². The summed E-state index contributed by atoms with van der Waals surface area (Å²) in [5.41, 5.74) is -1.01. The van der Waals surface area contributed by atoms with E-state index >= 15 is 0 Å². The Morgan fingerprint density at radius 1 is 0.625 bits per heavy atom. The predicted octanol–water partition coefficient (Wildman–Crippen LogP) is 6.93. The van der Waals surface area contributed by atoms with Gasteiger partial charge >= 0.3 is 0 Å². The SMILES string of the molecule is [2H]c1c([2H])c(-c2c([2H])c([2H])c(C)c([2H])c2[2H])c(C(C)(C)C)c(-c2c([2H])c([2H])c(C)c([2H])c2[2H])c1[2H]. The fourth-order valence-electron chi connectivity index (χ4n) is 2.53. The van der Waals surface area contributed by atoms with Gasteiger partial charge in [0.15, 0.2) is 0 Å². The van der Waals surface area contributed by atoms with Gasteiger partial charge in [0.2, 0.25) is 0 Å². The highest BCUT2D eigenvalue weighted by molar-refractivity contribution is 5.80. The van der Waals surface area contributed by atoms with Crippen LogP contribution in [0, 0.1) is 13.8 Å². The lowest BCUT2D eigenvalue weighted by Crippen LogP contribution is -2.14. The highest BCUT2D eigenvalue weighted by atomic mass is 14.3. The van der Waals surface area contributed by atoms with Gasteiger partial charge < -0.3 is 0 Å². The maximum absolute atomic E-state index is 8.70. The van der Waals surface area contributed by atoms with Crippen LogP contribution in [0.5, 0.6) is 0 Å². The number of rotatable bonds is 2. The third kappa shape index (κ3) is 3.28. The van der Waals surface area contributed by atoms with Crippen molar-refractivity contribution in [2.24, 2.45) is 0 Å². The molecule has 0 nitrogen and oxygen atoms in total. The smallest absolute Gasteiger partial charge is 0.0610 e. The molecular weight excluding hydrogens is 288 g/mol. The second-order valence-electron chi connectivity index (χ2n) is 6.75. The molecule has 0 aliphatic heterocycles. The van der Waals surface area contributed by atoms with E-state index in [2.05, 4.69) is 0 Å². The Kier molecular flexibility index (Phi) is 2.01. The minimum absolute atomic E-state index is 0.0806. The zero-order valence-electron chi connectivity index (χ0n) is 25.5. The number of hydrogen-bond acceptors (Lipinski definition) is 0. The first kappa shape index (κ1) is 7.70. The van der Waals surface area contributed by atoms with Crippen molar-refractivity contribution in [3.8, 4) is 22.3 Å². The summed E-state index contributed by atoms with van der Waals surface area (Å²) in [7, 11) is 0. The second kappa shape index (κ2) is 6.28. The van der Waals surface area contributed by atoms with Crippen molar-refractivity contribution in [3.63, 3.8) is 0 Å². The topological polar surface area (TPSA) is 0 Å². The molecule has 3 aromatic rings. The van der Waals surface area contributed by atoms with Crippen LogP contribution in [0.25, 0.3) is 22.3 Å². The van der Waals surface area contributed by atoms with E-state index in [9.17, 15) is 0 Å². The molecule has 0 heteroatoms. The molecule has 0 N–H and O–H groups in total. The minimum Gasteiger partial charge on any atom is -0.0610 e. The summed E-state index contributed by atoms with van der Waals surface area (Å²) in [6, 6.07) is -4.23. The van der Waals surface area contributed by atoms with Gasteiger partial charge in [-0.25, -0.2) is 0 Å². The molecule has 3 rings (SSSR count). The van der Waals surface area contributed by atoms with Crippen molar-refractivity contribution in [1.82, 2.24) is 0 Å². The molecule has 0 bridgehead atoms. The second-order valence-corrected chi connectivity index (χ2v) is 6.75. The van der Waals surface area contributed by atoms with Gasteiger partial charge in [-0.05, 0) is 47.1 Å². The lowest BCUT2D eigenvalue weighted by atomic mass is 9.77. The lowest BCUT2D eigenvalue weighted by molar-refractivity contribution is 0.593. The molecule has 0 radical (unpaired) electrons. The fraction of sp³-hybridized carbons (Fsp3) is 0.250. The van der Waals surface area contributed by atoms with E-state index in [0.717, 1.165) is 0 Å². The highest BCUT2D eigenvalue weighted by Crippen LogP contribution is 2.40. The minimum atomic E-state index is -0.910. The molecule has 24 heavy (non-hydrogen) atoms. The molecule has 122 valence electrons. The summed E-state index contributed by atoms with van der Waals surface area (Å²) in [6.07, 6.45) is 0. The quantitative estimate of drug-likeness (QED) is 0.479. The molecule has 0 fully saturated rings. The Morgan fingerprint density at radius 2 is 1.00 bits per heavy atom. The molecule has 0 saturated carbocycles. The third-order valence-corrected chi connectivity index (χ3v) is 3.62. The fourth-order valence-corrected chi connectivity index (χ4v) is 2.53. The van der Waals surface area contributed by atoms with Gasteiger partial charge in [-0.15, -0.1) is 0 Å². The van der Waals surface area contributed by atoms with Crippen LogP contribution in [-0.2, 0) is 5.41 Å². The maximum Gasteiger partial charge on any atom is 0.0629 e. The molecule has 0 spiro atoms. The summed E-state index contributed by atoms with van der Waals surface area (Å²) in [6.45, 7) is 8.15. The van der Waals surface area contributed by atoms with Crippen LogP contribution >= 0.6 is 0 Å². The van der Waals surface area contributed by atoms with E-state index in [1.807, 2.05) is 0 Å². The summed E-state index contributed by atoms with van der Waals surface area (Å²) in [4.78, 5) is 0. The van der Waals surface area contributed by atoms with Crippen molar-refractivity contribution < 1.29 is 15.1 Å². The number of hydrogen-bond donors (Lipinski definition) is 0. The summed E-state index contributed by atoms with van der Waals surface area (Å²) >= 11 is 0. The molecule has 0 amide bonds. The van der Waals surface area contributed by atoms with Gasteiger partial charge in [0.05, 0.1) is 15.1 Å². The van der Waals surface area contributed by atoms with Crippen molar-refractivity contribution in [1.29, 1.82) is 0 Å². The predicted molar refractivity (Wildman–Crippen MR) is 105 cm³/mol. The summed E-state index contributed by atoms with van der Waals surface area (Å²) < 4.78 is 93.3. The Hall–Kier alpha value is -2.34. The van der Waals surface area contributed by atoms with E-state index in [-0.39, 0.29) is 63.1 Å². The van der Waals surface area contributed by atoms with Crippen LogP contribution in [0.4, 0.5) is 0 Å². The average Bonchev–Trinajstić information content (AvgIpc) is 2.79. The zero-order valence-corrected chi connectivity index (χ0v) is 14.5. The molecule has 0 unspecified atom stereocenters. The van der Waals surface area contributed by atoms with E-state index in [1.54, 1.807) is 20.8 Å². The Morgan fingerprint density at radius 3 is 1.33 bits per heavy atom. The molecule has 0 saturated heterocycles. The first-order valence-corrected chi connectivity index (χ1v) is 7.75. The summed E-state index contributed by atoms with van der Waals surface area (Å²) in [5.74, 6) is 0. The standard InChI is InChI=1S/C24H26/c1-17-9-13-19(14-10-17)21-7-6-8-22(23(21)24(3,4)5)20-15-11-18(2)12-16-20/h6-16H,1-5H3/i6D,7D,8D,9D,10D,11D,12D,13D,14D,15D,16D. The lowest BCUT2D eigenvalue weighted by Gasteiger charge is -2.27. The zero-order chi connectivity index (χ0) is 26.9. The van der Waals surface area contributed by atoms with Gasteiger partial charge in [0, 0.05) is 0 Å². The third-order valence-electron chi connectivity index (χ3n) is 3.62. The Labute approximate surface area is 161 Å². The van der Waals surface area contributed by atoms with E-state index in [4.69, 9.17) is 15.1 Å². The van der Waals surface area contributed by atoms with Crippen LogP contribution in [0.2, 0.25) is 0 Å². The molecule has 0 aliphatic rings. The Balaban J connectivity index is 2.75. The van der Waals surface area contributed by atoms with E-state index in [1.165, 1.54) is 13.8 Å². The first-order chi connectivity index (χ1) is 16.0. The summed E-state index contributed by atoms with van der Waals surface area (Å²) in [5, 5.41) is 0. The van der Waals surface area contributed by atoms with Gasteiger partial charge in [-0.1, -0.05) is 98.4 Å². The normalized spacial score (nSPS) is 18.0. The van der Waals surface area contributed by atoms with Crippen molar-refractivity contribution in [3.05, 3.63) is 83.2 Å². The van der Waals surface area contributed by atoms with Gasteiger partial charge in [0.25, 0.3) is 0 Å². The monoisotopic (exact) mass is 325 g/mol. The van der Waals surface area contributed by atoms with Crippen molar-refractivity contribution in [2.75, 3.05) is 0 Å². The largest absolute Gasteiger partial charge is 0.0629 e. The van der Waals surface area contributed by atoms with Crippen LogP contribution in [0.1, 0.15) is 52.5 Å². The Bertz CT molecular complexity index is 1240. The number of benzene rings is 3. The molecule has 0 heterocycles. The van der Waals surface area contributed by atoms with Crippen LogP contribution < -0.4 is 0 Å².